The first-order valence-corrected chi connectivity index (χ1v) is 11.6. The van der Waals surface area contributed by atoms with Crippen LogP contribution in [0.25, 0.3) is 0 Å². The van der Waals surface area contributed by atoms with E-state index in [0.717, 1.165) is 44.0 Å². The van der Waals surface area contributed by atoms with Crippen LogP contribution in [-0.2, 0) is 11.3 Å². The number of amides is 1. The summed E-state index contributed by atoms with van der Waals surface area (Å²) in [7, 11) is 5.74. The topological polar surface area (TPSA) is 83.8 Å². The quantitative estimate of drug-likeness (QED) is 0.350. The number of likely N-dealkylation sites (N-methyl/N-ethyl adjacent to an activating group) is 2. The lowest BCUT2D eigenvalue weighted by Gasteiger charge is -2.21. The van der Waals surface area contributed by atoms with Crippen molar-refractivity contribution < 1.29 is 9.90 Å². The molecule has 0 unspecified atom stereocenters. The maximum atomic E-state index is 12.2. The van der Waals surface area contributed by atoms with E-state index in [0.29, 0.717) is 5.56 Å². The van der Waals surface area contributed by atoms with Crippen LogP contribution in [0, 0.1) is 0 Å². The molecule has 0 atom stereocenters. The van der Waals surface area contributed by atoms with Crippen LogP contribution in [0.5, 0.6) is 5.75 Å². The van der Waals surface area contributed by atoms with Gasteiger partial charge in [0.25, 0.3) is 5.91 Å². The minimum absolute atomic E-state index is 0.135. The molecule has 0 bridgehead atoms. The molecular formula is C26H38N6O2. The molecule has 2 aromatic carbocycles. The molecule has 0 aliphatic rings. The lowest BCUT2D eigenvalue weighted by Crippen LogP contribution is -2.37. The van der Waals surface area contributed by atoms with Crippen LogP contribution < -0.4 is 10.3 Å². The van der Waals surface area contributed by atoms with E-state index in [1.807, 2.05) is 24.2 Å². The highest BCUT2D eigenvalue weighted by Gasteiger charge is 2.09. The predicted molar refractivity (Wildman–Crippen MR) is 141 cm³/mol. The van der Waals surface area contributed by atoms with Crippen LogP contribution in [0.3, 0.4) is 0 Å². The van der Waals surface area contributed by atoms with Gasteiger partial charge < -0.3 is 14.9 Å². The minimum Gasteiger partial charge on any atom is -0.507 e. The molecule has 8 nitrogen and oxygen atoms in total. The maximum absolute atomic E-state index is 12.2. The van der Waals surface area contributed by atoms with Crippen LogP contribution >= 0.6 is 0 Å². The van der Waals surface area contributed by atoms with Crippen molar-refractivity contribution in [3.63, 3.8) is 0 Å². The fourth-order valence-corrected chi connectivity index (χ4v) is 3.55. The molecule has 0 aliphatic carbocycles. The Morgan fingerprint density at radius 2 is 1.68 bits per heavy atom. The Kier molecular flexibility index (Phi) is 11.2. The highest BCUT2D eigenvalue weighted by molar-refractivity contribution is 5.86. The fraction of sp³-hybridized carbons (Fsp3) is 0.423. The zero-order valence-corrected chi connectivity index (χ0v) is 21.0. The number of nitrogens with one attached hydrogen (secondary N) is 1. The molecule has 0 aliphatic heterocycles. The number of hydrogen-bond acceptors (Lipinski definition) is 7. The lowest BCUT2D eigenvalue weighted by molar-refractivity contribution is -0.121. The van der Waals surface area contributed by atoms with Crippen LogP contribution in [0.4, 0.5) is 5.69 Å². The molecule has 1 amide bonds. The second kappa shape index (κ2) is 14.1. The molecule has 184 valence electrons. The smallest absolute Gasteiger partial charge is 0.254 e. The first-order chi connectivity index (χ1) is 16.4. The van der Waals surface area contributed by atoms with Gasteiger partial charge in [0.2, 0.25) is 0 Å². The van der Waals surface area contributed by atoms with E-state index in [1.54, 1.807) is 19.2 Å². The number of nitrogens with zero attached hydrogens (tertiary/aromatic N) is 5. The van der Waals surface area contributed by atoms with Crippen molar-refractivity contribution in [1.29, 1.82) is 0 Å². The fourth-order valence-electron chi connectivity index (χ4n) is 3.55. The molecule has 2 aromatic rings. The van der Waals surface area contributed by atoms with Gasteiger partial charge in [0.15, 0.2) is 0 Å². The number of hydrogen-bond donors (Lipinski definition) is 2. The molecule has 0 radical (unpaired) electrons. The van der Waals surface area contributed by atoms with Gasteiger partial charge in [-0.25, -0.2) is 5.43 Å². The molecule has 0 heterocycles. The van der Waals surface area contributed by atoms with Crippen LogP contribution in [0.1, 0.15) is 30.5 Å². The maximum Gasteiger partial charge on any atom is 0.254 e. The summed E-state index contributed by atoms with van der Waals surface area (Å²) < 4.78 is 0. The van der Waals surface area contributed by atoms with Crippen molar-refractivity contribution in [3.8, 4) is 5.75 Å². The second-order valence-electron chi connectivity index (χ2n) is 8.31. The van der Waals surface area contributed by atoms with Crippen molar-refractivity contribution in [2.24, 2.45) is 10.1 Å². The van der Waals surface area contributed by atoms with Crippen molar-refractivity contribution in [2.75, 3.05) is 58.8 Å². The number of phenolic OH excluding ortho intramolecular Hbond substituents is 1. The second-order valence-corrected chi connectivity index (χ2v) is 8.31. The standard InChI is InChI=1S/C26H38N6O2/c1-6-32(7-2)24-13-12-23(25(33)16-24)18-28-29-26(34)20-31(5)15-14-30(4)19-22-10-8-21(9-11-22)17-27-3/h8-13,16-18,33H,6-7,14-15,19-20H2,1-5H3,(H,29,34)/b27-17?,28-18+. The predicted octanol–water partition coefficient (Wildman–Crippen LogP) is 2.80. The van der Waals surface area contributed by atoms with Crippen molar-refractivity contribution in [2.45, 2.75) is 20.4 Å². The Balaban J connectivity index is 1.74. The van der Waals surface area contributed by atoms with Gasteiger partial charge in [-0.15, -0.1) is 0 Å². The van der Waals surface area contributed by atoms with Gasteiger partial charge in [0.05, 0.1) is 12.8 Å². The summed E-state index contributed by atoms with van der Waals surface area (Å²) in [6, 6.07) is 13.8. The Labute approximate surface area is 203 Å². The summed E-state index contributed by atoms with van der Waals surface area (Å²) in [5, 5.41) is 14.3. The summed E-state index contributed by atoms with van der Waals surface area (Å²) in [5.74, 6) is -0.0653. The summed E-state index contributed by atoms with van der Waals surface area (Å²) in [6.45, 7) is 8.54. The van der Waals surface area contributed by atoms with Gasteiger partial charge >= 0.3 is 0 Å². The van der Waals surface area contributed by atoms with Gasteiger partial charge in [-0.1, -0.05) is 24.3 Å². The first kappa shape index (κ1) is 27.0. The van der Waals surface area contributed by atoms with E-state index in [1.165, 1.54) is 11.8 Å². The van der Waals surface area contributed by atoms with E-state index in [-0.39, 0.29) is 18.2 Å². The van der Waals surface area contributed by atoms with Gasteiger partial charge in [-0.3, -0.25) is 14.7 Å². The Morgan fingerprint density at radius 3 is 2.29 bits per heavy atom. The zero-order chi connectivity index (χ0) is 24.9. The molecule has 34 heavy (non-hydrogen) atoms. The normalized spacial score (nSPS) is 11.7. The highest BCUT2D eigenvalue weighted by Crippen LogP contribution is 2.23. The van der Waals surface area contributed by atoms with Crippen LogP contribution in [-0.4, -0.2) is 87.1 Å². The van der Waals surface area contributed by atoms with E-state index >= 15 is 0 Å². The largest absolute Gasteiger partial charge is 0.507 e. The SMILES string of the molecule is CCN(CC)c1ccc(/C=N/NC(=O)CN(C)CCN(C)Cc2ccc(C=NC)cc2)c(O)c1. The van der Waals surface area contributed by atoms with Gasteiger partial charge in [0, 0.05) is 63.3 Å². The third-order valence-corrected chi connectivity index (χ3v) is 5.52. The Hall–Kier alpha value is -3.23. The monoisotopic (exact) mass is 466 g/mol. The Morgan fingerprint density at radius 1 is 1.00 bits per heavy atom. The van der Waals surface area contributed by atoms with Crippen LogP contribution in [0.15, 0.2) is 52.6 Å². The third-order valence-electron chi connectivity index (χ3n) is 5.52. The number of phenols is 1. The van der Waals surface area contributed by atoms with Crippen molar-refractivity contribution in [1.82, 2.24) is 15.2 Å². The summed E-state index contributed by atoms with van der Waals surface area (Å²) >= 11 is 0. The number of rotatable bonds is 13. The number of carbonyl (C=O) groups excluding carboxylic acids is 1. The molecular weight excluding hydrogens is 428 g/mol. The molecule has 8 heteroatoms. The highest BCUT2D eigenvalue weighted by atomic mass is 16.3. The van der Waals surface area contributed by atoms with E-state index in [9.17, 15) is 9.90 Å². The molecule has 0 spiro atoms. The average Bonchev–Trinajstić information content (AvgIpc) is 2.81. The Bertz CT molecular complexity index is 954. The molecule has 0 aromatic heterocycles. The minimum atomic E-state index is -0.200. The van der Waals surface area contributed by atoms with Gasteiger partial charge in [-0.2, -0.15) is 5.10 Å². The zero-order valence-electron chi connectivity index (χ0n) is 21.0. The molecule has 0 fully saturated rings. The van der Waals surface area contributed by atoms with Gasteiger partial charge in [0.1, 0.15) is 5.75 Å². The molecule has 0 saturated carbocycles. The van der Waals surface area contributed by atoms with Crippen molar-refractivity contribution >= 4 is 24.0 Å². The number of aliphatic imine (C=N–C) groups is 1. The number of benzene rings is 2. The molecule has 0 saturated heterocycles. The first-order valence-electron chi connectivity index (χ1n) is 11.6. The van der Waals surface area contributed by atoms with Crippen LogP contribution in [0.2, 0.25) is 0 Å². The third kappa shape index (κ3) is 8.96. The molecule has 2 rings (SSSR count). The van der Waals surface area contributed by atoms with E-state index in [2.05, 4.69) is 70.5 Å². The average molecular weight is 467 g/mol. The summed E-state index contributed by atoms with van der Waals surface area (Å²) in [5.41, 5.74) is 6.38. The van der Waals surface area contributed by atoms with Crippen molar-refractivity contribution in [3.05, 3.63) is 59.2 Å². The van der Waals surface area contributed by atoms with E-state index < -0.39 is 0 Å². The van der Waals surface area contributed by atoms with Gasteiger partial charge in [-0.05, 0) is 51.2 Å². The summed E-state index contributed by atoms with van der Waals surface area (Å²) in [4.78, 5) is 22.6. The number of aromatic hydroxyl groups is 1. The van der Waals surface area contributed by atoms with E-state index in [4.69, 9.17) is 0 Å². The summed E-state index contributed by atoms with van der Waals surface area (Å²) in [6.07, 6.45) is 3.30. The number of anilines is 1. The number of carbonyl (C=O) groups is 1. The molecule has 2 N–H and O–H groups in total. The number of hydrazone groups is 1. The lowest BCUT2D eigenvalue weighted by atomic mass is 10.1.